The standard InChI is InChI=1S/C15H17N3O3S/c19-13(16-9-12-7-4-8-20-12)10-22-15-17-14(18-21-15)11-5-2-1-3-6-11/h1-3,5-6,12H,4,7-10H2,(H,16,19)/t12-/m0/s1. The fourth-order valence-corrected chi connectivity index (χ4v) is 2.78. The number of hydrogen-bond acceptors (Lipinski definition) is 6. The van der Waals surface area contributed by atoms with E-state index < -0.39 is 0 Å². The van der Waals surface area contributed by atoms with Crippen LogP contribution >= 0.6 is 11.8 Å². The summed E-state index contributed by atoms with van der Waals surface area (Å²) in [5, 5.41) is 7.17. The van der Waals surface area contributed by atoms with Gasteiger partial charge in [0.15, 0.2) is 0 Å². The van der Waals surface area contributed by atoms with Crippen molar-refractivity contribution in [2.45, 2.75) is 24.2 Å². The van der Waals surface area contributed by atoms with Gasteiger partial charge in [-0.3, -0.25) is 4.79 Å². The summed E-state index contributed by atoms with van der Waals surface area (Å²) < 4.78 is 10.6. The van der Waals surface area contributed by atoms with Gasteiger partial charge in [-0.15, -0.1) is 0 Å². The zero-order chi connectivity index (χ0) is 15.2. The Labute approximate surface area is 132 Å². The van der Waals surface area contributed by atoms with E-state index in [1.54, 1.807) is 0 Å². The van der Waals surface area contributed by atoms with Gasteiger partial charge in [0.25, 0.3) is 5.22 Å². The second kappa shape index (κ2) is 7.42. The lowest BCUT2D eigenvalue weighted by atomic mass is 10.2. The number of benzene rings is 1. The van der Waals surface area contributed by atoms with E-state index in [0.29, 0.717) is 17.6 Å². The number of nitrogens with zero attached hydrogens (tertiary/aromatic N) is 2. The van der Waals surface area contributed by atoms with E-state index in [-0.39, 0.29) is 17.8 Å². The molecule has 1 atom stereocenters. The number of amides is 1. The van der Waals surface area contributed by atoms with E-state index in [0.717, 1.165) is 25.0 Å². The van der Waals surface area contributed by atoms with E-state index in [2.05, 4.69) is 15.5 Å². The molecule has 116 valence electrons. The molecular weight excluding hydrogens is 302 g/mol. The maximum Gasteiger partial charge on any atom is 0.286 e. The monoisotopic (exact) mass is 319 g/mol. The molecule has 0 saturated carbocycles. The number of thioether (sulfide) groups is 1. The summed E-state index contributed by atoms with van der Waals surface area (Å²) in [7, 11) is 0. The zero-order valence-corrected chi connectivity index (χ0v) is 12.8. The highest BCUT2D eigenvalue weighted by Crippen LogP contribution is 2.20. The Morgan fingerprint density at radius 3 is 3.00 bits per heavy atom. The predicted molar refractivity (Wildman–Crippen MR) is 82.4 cm³/mol. The SMILES string of the molecule is O=C(CSc1nc(-c2ccccc2)no1)NC[C@@H]1CCCO1. The van der Waals surface area contributed by atoms with E-state index >= 15 is 0 Å². The first kappa shape index (κ1) is 15.1. The summed E-state index contributed by atoms with van der Waals surface area (Å²) in [6, 6.07) is 9.58. The summed E-state index contributed by atoms with van der Waals surface area (Å²) in [5.41, 5.74) is 0.890. The molecule has 2 heterocycles. The minimum atomic E-state index is -0.0556. The molecule has 1 fully saturated rings. The molecule has 7 heteroatoms. The summed E-state index contributed by atoms with van der Waals surface area (Å²) in [4.78, 5) is 16.0. The van der Waals surface area contributed by atoms with Crippen LogP contribution in [0.2, 0.25) is 0 Å². The average Bonchev–Trinajstić information content (AvgIpc) is 3.23. The first-order chi connectivity index (χ1) is 10.8. The molecule has 6 nitrogen and oxygen atoms in total. The number of carbonyl (C=O) groups is 1. The maximum absolute atomic E-state index is 11.8. The van der Waals surface area contributed by atoms with Gasteiger partial charge in [-0.2, -0.15) is 4.98 Å². The largest absolute Gasteiger partial charge is 0.376 e. The van der Waals surface area contributed by atoms with Gasteiger partial charge in [0.05, 0.1) is 11.9 Å². The molecule has 1 aliphatic rings. The van der Waals surface area contributed by atoms with Crippen LogP contribution in [0.5, 0.6) is 0 Å². The van der Waals surface area contributed by atoms with Gasteiger partial charge in [0.1, 0.15) is 0 Å². The highest BCUT2D eigenvalue weighted by Gasteiger charge is 2.16. The predicted octanol–water partition coefficient (Wildman–Crippen LogP) is 2.12. The molecule has 0 bridgehead atoms. The molecule has 22 heavy (non-hydrogen) atoms. The summed E-state index contributed by atoms with van der Waals surface area (Å²) in [6.07, 6.45) is 2.24. The Balaban J connectivity index is 1.45. The third kappa shape index (κ3) is 4.08. The molecule has 2 aromatic rings. The highest BCUT2D eigenvalue weighted by molar-refractivity contribution is 7.99. The van der Waals surface area contributed by atoms with Crippen LogP contribution in [0.1, 0.15) is 12.8 Å². The van der Waals surface area contributed by atoms with Crippen LogP contribution in [0.4, 0.5) is 0 Å². The highest BCUT2D eigenvalue weighted by atomic mass is 32.2. The third-order valence-corrected chi connectivity index (χ3v) is 4.14. The Hall–Kier alpha value is -1.86. The van der Waals surface area contributed by atoms with Crippen molar-refractivity contribution in [2.24, 2.45) is 0 Å². The van der Waals surface area contributed by atoms with Crippen molar-refractivity contribution < 1.29 is 14.1 Å². The van der Waals surface area contributed by atoms with Gasteiger partial charge in [-0.25, -0.2) is 0 Å². The molecule has 0 aliphatic carbocycles. The quantitative estimate of drug-likeness (QED) is 0.822. The lowest BCUT2D eigenvalue weighted by molar-refractivity contribution is -0.119. The van der Waals surface area contributed by atoms with Gasteiger partial charge in [-0.05, 0) is 12.8 Å². The third-order valence-electron chi connectivity index (χ3n) is 3.32. The van der Waals surface area contributed by atoms with E-state index in [1.165, 1.54) is 11.8 Å². The van der Waals surface area contributed by atoms with Crippen molar-refractivity contribution in [1.29, 1.82) is 0 Å². The van der Waals surface area contributed by atoms with E-state index in [9.17, 15) is 4.79 Å². The average molecular weight is 319 g/mol. The minimum absolute atomic E-state index is 0.0556. The number of nitrogens with one attached hydrogen (secondary N) is 1. The number of ether oxygens (including phenoxy) is 1. The lowest BCUT2D eigenvalue weighted by Crippen LogP contribution is -2.32. The molecule has 1 amide bonds. The lowest BCUT2D eigenvalue weighted by Gasteiger charge is -2.09. The van der Waals surface area contributed by atoms with Crippen LogP contribution in [0, 0.1) is 0 Å². The summed E-state index contributed by atoms with van der Waals surface area (Å²) in [5.74, 6) is 0.728. The molecular formula is C15H17N3O3S. The number of carbonyl (C=O) groups excluding carboxylic acids is 1. The first-order valence-corrected chi connectivity index (χ1v) is 8.20. The van der Waals surface area contributed by atoms with E-state index in [1.807, 2.05) is 30.3 Å². The Kier molecular flexibility index (Phi) is 5.07. The van der Waals surface area contributed by atoms with Crippen molar-refractivity contribution >= 4 is 17.7 Å². The van der Waals surface area contributed by atoms with Crippen molar-refractivity contribution in [3.63, 3.8) is 0 Å². The Morgan fingerprint density at radius 1 is 1.36 bits per heavy atom. The van der Waals surface area contributed by atoms with Crippen LogP contribution in [0.15, 0.2) is 40.1 Å². The van der Waals surface area contributed by atoms with Crippen LogP contribution in [0.3, 0.4) is 0 Å². The van der Waals surface area contributed by atoms with Gasteiger partial charge >= 0.3 is 0 Å². The molecule has 0 spiro atoms. The minimum Gasteiger partial charge on any atom is -0.376 e. The Bertz CT molecular complexity index is 612. The van der Waals surface area contributed by atoms with Crippen LogP contribution in [-0.4, -0.2) is 41.1 Å². The van der Waals surface area contributed by atoms with Crippen LogP contribution in [-0.2, 0) is 9.53 Å². The number of hydrogen-bond donors (Lipinski definition) is 1. The fraction of sp³-hybridized carbons (Fsp3) is 0.400. The smallest absolute Gasteiger partial charge is 0.286 e. The van der Waals surface area contributed by atoms with Crippen molar-refractivity contribution in [2.75, 3.05) is 18.9 Å². The molecule has 1 saturated heterocycles. The van der Waals surface area contributed by atoms with Gasteiger partial charge in [0.2, 0.25) is 11.7 Å². The van der Waals surface area contributed by atoms with Crippen molar-refractivity contribution in [3.8, 4) is 11.4 Å². The molecule has 1 N–H and O–H groups in total. The fourth-order valence-electron chi connectivity index (χ4n) is 2.18. The van der Waals surface area contributed by atoms with Crippen LogP contribution < -0.4 is 5.32 Å². The summed E-state index contributed by atoms with van der Waals surface area (Å²) in [6.45, 7) is 1.36. The van der Waals surface area contributed by atoms with Crippen LogP contribution in [0.25, 0.3) is 11.4 Å². The first-order valence-electron chi connectivity index (χ1n) is 7.21. The zero-order valence-electron chi connectivity index (χ0n) is 12.0. The molecule has 1 aliphatic heterocycles. The topological polar surface area (TPSA) is 77.2 Å². The van der Waals surface area contributed by atoms with Gasteiger partial charge in [-0.1, -0.05) is 47.3 Å². The summed E-state index contributed by atoms with van der Waals surface area (Å²) >= 11 is 1.23. The molecule has 1 aromatic carbocycles. The molecule has 0 unspecified atom stereocenters. The normalized spacial score (nSPS) is 17.5. The van der Waals surface area contributed by atoms with E-state index in [4.69, 9.17) is 9.26 Å². The second-order valence-corrected chi connectivity index (χ2v) is 5.90. The number of aromatic nitrogens is 2. The van der Waals surface area contributed by atoms with Gasteiger partial charge in [0, 0.05) is 18.7 Å². The van der Waals surface area contributed by atoms with Crippen molar-refractivity contribution in [3.05, 3.63) is 30.3 Å². The second-order valence-electron chi connectivity index (χ2n) is 4.98. The number of rotatable bonds is 6. The molecule has 0 radical (unpaired) electrons. The Morgan fingerprint density at radius 2 is 2.23 bits per heavy atom. The van der Waals surface area contributed by atoms with Gasteiger partial charge < -0.3 is 14.6 Å². The maximum atomic E-state index is 11.8. The molecule has 3 rings (SSSR count). The van der Waals surface area contributed by atoms with Crippen molar-refractivity contribution in [1.82, 2.24) is 15.5 Å². The molecule has 1 aromatic heterocycles.